The summed E-state index contributed by atoms with van der Waals surface area (Å²) in [5, 5.41) is 11.9. The summed E-state index contributed by atoms with van der Waals surface area (Å²) in [5.41, 5.74) is 0.858. The van der Waals surface area contributed by atoms with Crippen molar-refractivity contribution in [2.45, 2.75) is 11.3 Å². The summed E-state index contributed by atoms with van der Waals surface area (Å²) in [4.78, 5) is 24.0. The lowest BCUT2D eigenvalue weighted by molar-refractivity contribution is -0.128. The minimum absolute atomic E-state index is 0.0815. The lowest BCUT2D eigenvalue weighted by Crippen LogP contribution is -2.33. The van der Waals surface area contributed by atoms with E-state index in [1.165, 1.54) is 11.8 Å². The molecule has 0 aliphatic rings. The van der Waals surface area contributed by atoms with Crippen LogP contribution in [0.5, 0.6) is 5.75 Å². The number of imide groups is 1. The molecule has 2 N–H and O–H groups in total. The van der Waals surface area contributed by atoms with Gasteiger partial charge in [-0.25, -0.2) is 0 Å². The molecule has 2 rings (SSSR count). The molecule has 0 saturated heterocycles. The number of thioether (sulfide) groups is 1. The van der Waals surface area contributed by atoms with Crippen LogP contribution in [0.2, 0.25) is 0 Å². The maximum Gasteiger partial charge on any atom is 0.236 e. The fraction of sp³-hybridized carbons (Fsp3) is 0.125. The zero-order valence-corrected chi connectivity index (χ0v) is 12.1. The van der Waals surface area contributed by atoms with Crippen molar-refractivity contribution < 1.29 is 14.7 Å². The highest BCUT2D eigenvalue weighted by Crippen LogP contribution is 2.27. The van der Waals surface area contributed by atoms with Crippen LogP contribution in [-0.4, -0.2) is 22.7 Å². The zero-order chi connectivity index (χ0) is 15.1. The van der Waals surface area contributed by atoms with Gasteiger partial charge in [-0.3, -0.25) is 14.9 Å². The molecule has 0 unspecified atom stereocenters. The highest BCUT2D eigenvalue weighted by atomic mass is 32.2. The lowest BCUT2D eigenvalue weighted by atomic mass is 10.1. The lowest BCUT2D eigenvalue weighted by Gasteiger charge is -2.05. The minimum atomic E-state index is -0.371. The number of aromatic hydroxyl groups is 1. The number of nitrogens with one attached hydrogen (secondary N) is 1. The Morgan fingerprint density at radius 2 is 1.62 bits per heavy atom. The van der Waals surface area contributed by atoms with Crippen molar-refractivity contribution in [1.29, 1.82) is 0 Å². The third kappa shape index (κ3) is 4.96. The number of benzene rings is 2. The van der Waals surface area contributed by atoms with Crippen molar-refractivity contribution >= 4 is 23.6 Å². The molecule has 0 spiro atoms. The predicted molar refractivity (Wildman–Crippen MR) is 82.1 cm³/mol. The predicted octanol–water partition coefficient (Wildman–Crippen LogP) is 2.37. The molecule has 2 amide bonds. The third-order valence-electron chi connectivity index (χ3n) is 2.71. The van der Waals surface area contributed by atoms with Gasteiger partial charge in [0, 0.05) is 4.90 Å². The average molecular weight is 301 g/mol. The Balaban J connectivity index is 1.79. The number of carbonyl (C=O) groups is 2. The summed E-state index contributed by atoms with van der Waals surface area (Å²) in [5.74, 6) is -0.489. The van der Waals surface area contributed by atoms with Crippen LogP contribution in [-0.2, 0) is 16.0 Å². The van der Waals surface area contributed by atoms with Crippen LogP contribution in [0.15, 0.2) is 59.5 Å². The molecule has 0 atom stereocenters. The van der Waals surface area contributed by atoms with Gasteiger partial charge in [-0.05, 0) is 17.7 Å². The Morgan fingerprint density at radius 3 is 2.33 bits per heavy atom. The largest absolute Gasteiger partial charge is 0.507 e. The maximum atomic E-state index is 11.7. The van der Waals surface area contributed by atoms with E-state index in [4.69, 9.17) is 0 Å². The minimum Gasteiger partial charge on any atom is -0.507 e. The summed E-state index contributed by atoms with van der Waals surface area (Å²) in [7, 11) is 0. The van der Waals surface area contributed by atoms with Gasteiger partial charge in [-0.15, -0.1) is 11.8 Å². The number of phenols is 1. The van der Waals surface area contributed by atoms with Crippen LogP contribution in [0.4, 0.5) is 0 Å². The first-order chi connectivity index (χ1) is 10.1. The van der Waals surface area contributed by atoms with Gasteiger partial charge in [0.15, 0.2) is 0 Å². The first-order valence-corrected chi connectivity index (χ1v) is 7.41. The zero-order valence-electron chi connectivity index (χ0n) is 11.3. The second kappa shape index (κ2) is 7.50. The van der Waals surface area contributed by atoms with E-state index >= 15 is 0 Å². The van der Waals surface area contributed by atoms with Crippen LogP contribution in [0, 0.1) is 0 Å². The number of para-hydroxylation sites is 1. The van der Waals surface area contributed by atoms with Gasteiger partial charge in [0.2, 0.25) is 11.8 Å². The van der Waals surface area contributed by atoms with E-state index in [0.717, 1.165) is 5.56 Å². The number of rotatable bonds is 5. The molecule has 2 aromatic rings. The van der Waals surface area contributed by atoms with E-state index < -0.39 is 0 Å². The van der Waals surface area contributed by atoms with Crippen LogP contribution in [0.3, 0.4) is 0 Å². The second-order valence-corrected chi connectivity index (χ2v) is 5.41. The van der Waals surface area contributed by atoms with E-state index in [0.29, 0.717) is 4.90 Å². The first-order valence-electron chi connectivity index (χ1n) is 6.42. The van der Waals surface area contributed by atoms with Crippen molar-refractivity contribution in [3.8, 4) is 5.75 Å². The van der Waals surface area contributed by atoms with Gasteiger partial charge < -0.3 is 5.11 Å². The summed E-state index contributed by atoms with van der Waals surface area (Å²) in [6.07, 6.45) is 0.174. The second-order valence-electron chi connectivity index (χ2n) is 4.39. The average Bonchev–Trinajstić information content (AvgIpc) is 2.47. The SMILES string of the molecule is O=C(CSc1ccccc1O)NC(=O)Cc1ccccc1. The topological polar surface area (TPSA) is 66.4 Å². The highest BCUT2D eigenvalue weighted by Gasteiger charge is 2.10. The van der Waals surface area contributed by atoms with Gasteiger partial charge in [-0.1, -0.05) is 42.5 Å². The first kappa shape index (κ1) is 15.1. The summed E-state index contributed by atoms with van der Waals surface area (Å²) < 4.78 is 0. The van der Waals surface area contributed by atoms with Gasteiger partial charge >= 0.3 is 0 Å². The Labute approximate surface area is 127 Å². The Hall–Kier alpha value is -2.27. The number of phenolic OH excluding ortho intramolecular Hbond substituents is 1. The van der Waals surface area contributed by atoms with Gasteiger partial charge in [-0.2, -0.15) is 0 Å². The quantitative estimate of drug-likeness (QED) is 0.832. The number of hydrogen-bond donors (Lipinski definition) is 2. The molecule has 21 heavy (non-hydrogen) atoms. The number of amides is 2. The van der Waals surface area contributed by atoms with Crippen molar-refractivity contribution in [2.24, 2.45) is 0 Å². The number of carbonyl (C=O) groups excluding carboxylic acids is 2. The molecule has 0 aliphatic carbocycles. The highest BCUT2D eigenvalue weighted by molar-refractivity contribution is 8.00. The van der Waals surface area contributed by atoms with Crippen LogP contribution in [0.25, 0.3) is 0 Å². The summed E-state index contributed by atoms with van der Waals surface area (Å²) in [6, 6.07) is 16.0. The summed E-state index contributed by atoms with van der Waals surface area (Å²) in [6.45, 7) is 0. The normalized spacial score (nSPS) is 10.1. The molecular weight excluding hydrogens is 286 g/mol. The molecular formula is C16H15NO3S. The number of hydrogen-bond acceptors (Lipinski definition) is 4. The fourth-order valence-corrected chi connectivity index (χ4v) is 2.49. The van der Waals surface area contributed by atoms with Crippen LogP contribution in [0.1, 0.15) is 5.56 Å². The van der Waals surface area contributed by atoms with Gasteiger partial charge in [0.1, 0.15) is 5.75 Å². The Morgan fingerprint density at radius 1 is 0.952 bits per heavy atom. The Bertz CT molecular complexity index is 628. The van der Waals surface area contributed by atoms with E-state index in [-0.39, 0.29) is 29.7 Å². The van der Waals surface area contributed by atoms with Gasteiger partial charge in [0.05, 0.1) is 12.2 Å². The van der Waals surface area contributed by atoms with Crippen LogP contribution < -0.4 is 5.32 Å². The van der Waals surface area contributed by atoms with E-state index in [2.05, 4.69) is 5.32 Å². The maximum absolute atomic E-state index is 11.7. The van der Waals surface area contributed by atoms with Crippen molar-refractivity contribution in [1.82, 2.24) is 5.32 Å². The van der Waals surface area contributed by atoms with Crippen molar-refractivity contribution in [3.05, 3.63) is 60.2 Å². The van der Waals surface area contributed by atoms with E-state index in [9.17, 15) is 14.7 Å². The Kier molecular flexibility index (Phi) is 5.40. The molecule has 0 radical (unpaired) electrons. The molecule has 0 heterocycles. The van der Waals surface area contributed by atoms with Gasteiger partial charge in [0.25, 0.3) is 0 Å². The molecule has 0 bridgehead atoms. The fourth-order valence-electron chi connectivity index (χ4n) is 1.74. The molecule has 0 aliphatic heterocycles. The van der Waals surface area contributed by atoms with E-state index in [1.807, 2.05) is 30.3 Å². The molecule has 0 aromatic heterocycles. The molecule has 2 aromatic carbocycles. The third-order valence-corrected chi connectivity index (χ3v) is 3.77. The monoisotopic (exact) mass is 301 g/mol. The standard InChI is InChI=1S/C16H15NO3S/c18-13-8-4-5-9-14(13)21-11-16(20)17-15(19)10-12-6-2-1-3-7-12/h1-9,18H,10-11H2,(H,17,19,20). The smallest absolute Gasteiger partial charge is 0.236 e. The van der Waals surface area contributed by atoms with Crippen LogP contribution >= 0.6 is 11.8 Å². The summed E-state index contributed by atoms with van der Waals surface area (Å²) >= 11 is 1.19. The molecule has 5 heteroatoms. The molecule has 108 valence electrons. The molecule has 0 fully saturated rings. The van der Waals surface area contributed by atoms with E-state index in [1.54, 1.807) is 24.3 Å². The molecule has 0 saturated carbocycles. The molecule has 4 nitrogen and oxygen atoms in total. The van der Waals surface area contributed by atoms with Crippen molar-refractivity contribution in [2.75, 3.05) is 5.75 Å². The van der Waals surface area contributed by atoms with Crippen molar-refractivity contribution in [3.63, 3.8) is 0 Å².